The third-order valence-corrected chi connectivity index (χ3v) is 12.0. The predicted molar refractivity (Wildman–Crippen MR) is 211 cm³/mol. The minimum absolute atomic E-state index is 0. The molecule has 2 atom stereocenters. The Morgan fingerprint density at radius 1 is 0.962 bits per heavy atom. The molecule has 0 radical (unpaired) electrons. The summed E-state index contributed by atoms with van der Waals surface area (Å²) in [5, 5.41) is 1.23. The first-order valence-electron chi connectivity index (χ1n) is 19.8. The number of amides is 1. The molecule has 52 heavy (non-hydrogen) atoms. The average molecular weight is 704 g/mol. The van der Waals surface area contributed by atoms with Crippen LogP contribution in [0.5, 0.6) is 5.75 Å². The fourth-order valence-corrected chi connectivity index (χ4v) is 9.36. The summed E-state index contributed by atoms with van der Waals surface area (Å²) in [5.41, 5.74) is 9.22. The number of piperazine rings is 1. The number of Topliss-reactive ketones (excluding diaryl/α,β-unsaturated/α-hetero) is 1. The number of likely N-dealkylation sites (tertiary alicyclic amines) is 2. The van der Waals surface area contributed by atoms with Crippen molar-refractivity contribution in [2.45, 2.75) is 117 Å². The number of benzene rings is 2. The second kappa shape index (κ2) is 14.0. The zero-order chi connectivity index (χ0) is 36.3. The number of aromatic nitrogens is 3. The summed E-state index contributed by atoms with van der Waals surface area (Å²) in [5.74, 6) is 2.28. The fraction of sp³-hybridized carbons (Fsp3) is 0.523. The number of nitrogens with zero attached hydrogens (tertiary/aromatic N) is 5. The molecule has 4 fully saturated rings. The van der Waals surface area contributed by atoms with E-state index in [-0.39, 0.29) is 19.2 Å². The van der Waals surface area contributed by atoms with E-state index in [1.807, 2.05) is 12.4 Å². The van der Waals surface area contributed by atoms with E-state index < -0.39 is 0 Å². The molecule has 3 aliphatic heterocycles. The van der Waals surface area contributed by atoms with E-state index in [9.17, 15) is 9.59 Å². The SMILES string of the molecule is CC(C)C.CCN1CC2CC1CN2C(=O)c1c(C2=Cc3cc(OC)ccc3-c3c(C4CCCCC4)c4ccc(C(C)=O)cc4n3C2)ncn1C1CC1.[HH]. The summed E-state index contributed by atoms with van der Waals surface area (Å²) >= 11 is 0. The Hall–Kier alpha value is -4.17. The second-order valence-corrected chi connectivity index (χ2v) is 16.5. The number of ketones is 1. The summed E-state index contributed by atoms with van der Waals surface area (Å²) < 4.78 is 10.4. The molecule has 2 saturated carbocycles. The molecule has 2 unspecified atom stereocenters. The molecule has 276 valence electrons. The van der Waals surface area contributed by atoms with Gasteiger partial charge in [0.05, 0.1) is 31.4 Å². The first-order chi connectivity index (χ1) is 25.2. The lowest BCUT2D eigenvalue weighted by Gasteiger charge is -2.33. The second-order valence-electron chi connectivity index (χ2n) is 16.5. The van der Waals surface area contributed by atoms with Crippen molar-refractivity contribution in [3.8, 4) is 17.0 Å². The van der Waals surface area contributed by atoms with Gasteiger partial charge in [0.25, 0.3) is 5.91 Å². The molecule has 5 heterocycles. The quantitative estimate of drug-likeness (QED) is 0.179. The van der Waals surface area contributed by atoms with Crippen LogP contribution in [0, 0.1) is 5.92 Å². The average Bonchev–Trinajstić information content (AvgIpc) is 3.47. The molecule has 8 heteroatoms. The van der Waals surface area contributed by atoms with Gasteiger partial charge in [0.1, 0.15) is 11.4 Å². The number of methoxy groups -OCH3 is 1. The minimum Gasteiger partial charge on any atom is -0.497 e. The number of hydrogen-bond donors (Lipinski definition) is 0. The Bertz CT molecular complexity index is 2050. The Kier molecular flexibility index (Phi) is 9.39. The van der Waals surface area contributed by atoms with Gasteiger partial charge in [-0.15, -0.1) is 0 Å². The van der Waals surface area contributed by atoms with Gasteiger partial charge in [-0.2, -0.15) is 0 Å². The lowest BCUT2D eigenvalue weighted by molar-refractivity contribution is 0.0619. The van der Waals surface area contributed by atoms with Crippen LogP contribution in [0.1, 0.15) is 137 Å². The summed E-state index contributed by atoms with van der Waals surface area (Å²) in [6.07, 6.45) is 13.5. The van der Waals surface area contributed by atoms with Gasteiger partial charge in [-0.05, 0) is 98.9 Å². The first-order valence-corrected chi connectivity index (χ1v) is 19.8. The summed E-state index contributed by atoms with van der Waals surface area (Å²) in [6.45, 7) is 13.7. The van der Waals surface area contributed by atoms with Crippen LogP contribution in [0.2, 0.25) is 0 Å². The third-order valence-electron chi connectivity index (χ3n) is 12.0. The summed E-state index contributed by atoms with van der Waals surface area (Å²) in [6, 6.07) is 13.7. The molecular formula is C44H57N5O3. The Balaban J connectivity index is 0.000000831. The molecule has 2 aromatic heterocycles. The Morgan fingerprint density at radius 3 is 2.38 bits per heavy atom. The van der Waals surface area contributed by atoms with Gasteiger partial charge in [0.15, 0.2) is 5.78 Å². The van der Waals surface area contributed by atoms with E-state index in [1.165, 1.54) is 48.7 Å². The highest BCUT2D eigenvalue weighted by Gasteiger charge is 2.46. The van der Waals surface area contributed by atoms with Crippen LogP contribution in [0.3, 0.4) is 0 Å². The number of allylic oxidation sites excluding steroid dienone is 1. The van der Waals surface area contributed by atoms with Crippen molar-refractivity contribution >= 4 is 34.2 Å². The number of ether oxygens (including phenoxy) is 1. The van der Waals surface area contributed by atoms with Gasteiger partial charge < -0.3 is 18.8 Å². The molecule has 5 aliphatic rings. The van der Waals surface area contributed by atoms with Gasteiger partial charge in [0, 0.05) is 60.2 Å². The molecule has 2 bridgehead atoms. The summed E-state index contributed by atoms with van der Waals surface area (Å²) in [7, 11) is 1.72. The van der Waals surface area contributed by atoms with Gasteiger partial charge in [-0.1, -0.05) is 59.1 Å². The standard InChI is InChI=1S/C40H45N5O3.C4H10.H2/c1-4-42-21-31-19-30(42)22-43(31)40(47)39-37(41-23-45(39)29-11-12-29)28-16-27-17-32(48-3)13-15-33(27)38-36(25-8-6-5-7-9-25)34-14-10-26(24(2)46)18-35(34)44(38)20-28;1-4(2)3;/h10,13-18,23,25,29-31H,4-9,11-12,19-22H2,1-3H3;4H,1-3H3;1H. The van der Waals surface area contributed by atoms with Crippen molar-refractivity contribution in [3.63, 3.8) is 0 Å². The van der Waals surface area contributed by atoms with E-state index in [1.54, 1.807) is 14.0 Å². The number of carbonyl (C=O) groups is 2. The van der Waals surface area contributed by atoms with Crippen LogP contribution in [-0.4, -0.2) is 74.4 Å². The normalized spacial score (nSPS) is 21.4. The van der Waals surface area contributed by atoms with Crippen molar-refractivity contribution in [1.29, 1.82) is 0 Å². The van der Waals surface area contributed by atoms with E-state index >= 15 is 0 Å². The molecule has 1 amide bonds. The van der Waals surface area contributed by atoms with E-state index in [2.05, 4.69) is 83.0 Å². The Labute approximate surface area is 310 Å². The number of fused-ring (bicyclic) bond motifs is 7. The highest BCUT2D eigenvalue weighted by atomic mass is 16.5. The van der Waals surface area contributed by atoms with E-state index in [4.69, 9.17) is 9.72 Å². The van der Waals surface area contributed by atoms with Crippen molar-refractivity contribution in [2.75, 3.05) is 26.7 Å². The zero-order valence-electron chi connectivity index (χ0n) is 32.0. The van der Waals surface area contributed by atoms with Gasteiger partial charge in [0.2, 0.25) is 0 Å². The smallest absolute Gasteiger partial charge is 0.273 e. The molecule has 4 aromatic rings. The molecule has 0 N–H and O–H groups in total. The molecule has 0 spiro atoms. The highest BCUT2D eigenvalue weighted by molar-refractivity contribution is 6.04. The monoisotopic (exact) mass is 703 g/mol. The van der Waals surface area contributed by atoms with Gasteiger partial charge in [-0.25, -0.2) is 4.98 Å². The van der Waals surface area contributed by atoms with Crippen LogP contribution in [-0.2, 0) is 6.54 Å². The maximum absolute atomic E-state index is 14.7. The molecular weight excluding hydrogens is 647 g/mol. The lowest BCUT2D eigenvalue weighted by atomic mass is 9.81. The zero-order valence-corrected chi connectivity index (χ0v) is 32.0. The van der Waals surface area contributed by atoms with Crippen LogP contribution < -0.4 is 4.74 Å². The number of imidazole rings is 1. The molecule has 8 nitrogen and oxygen atoms in total. The maximum Gasteiger partial charge on any atom is 0.273 e. The predicted octanol–water partition coefficient (Wildman–Crippen LogP) is 9.48. The van der Waals surface area contributed by atoms with E-state index in [0.717, 1.165) is 89.7 Å². The van der Waals surface area contributed by atoms with E-state index in [0.29, 0.717) is 24.5 Å². The largest absolute Gasteiger partial charge is 0.497 e. The topological polar surface area (TPSA) is 72.6 Å². The van der Waals surface area contributed by atoms with Crippen molar-refractivity contribution in [2.24, 2.45) is 5.92 Å². The number of hydrogen-bond acceptors (Lipinski definition) is 5. The maximum atomic E-state index is 14.7. The minimum atomic E-state index is 0. The summed E-state index contributed by atoms with van der Waals surface area (Å²) in [4.78, 5) is 37.1. The number of carbonyl (C=O) groups excluding carboxylic acids is 2. The fourth-order valence-electron chi connectivity index (χ4n) is 9.36. The highest BCUT2D eigenvalue weighted by Crippen LogP contribution is 2.48. The Morgan fingerprint density at radius 2 is 1.73 bits per heavy atom. The molecule has 2 saturated heterocycles. The molecule has 2 aliphatic carbocycles. The van der Waals surface area contributed by atoms with Gasteiger partial charge in [-0.3, -0.25) is 14.5 Å². The van der Waals surface area contributed by atoms with Crippen LogP contribution in [0.15, 0.2) is 42.7 Å². The van der Waals surface area contributed by atoms with Crippen molar-refractivity contribution in [3.05, 3.63) is 70.8 Å². The third kappa shape index (κ3) is 6.21. The van der Waals surface area contributed by atoms with Crippen LogP contribution >= 0.6 is 0 Å². The van der Waals surface area contributed by atoms with Gasteiger partial charge >= 0.3 is 0 Å². The van der Waals surface area contributed by atoms with Crippen molar-refractivity contribution < 1.29 is 15.8 Å². The lowest BCUT2D eigenvalue weighted by Crippen LogP contribution is -2.49. The first kappa shape index (κ1) is 34.9. The number of likely N-dealkylation sites (N-methyl/N-ethyl adjacent to an activating group) is 1. The van der Waals surface area contributed by atoms with Crippen LogP contribution in [0.4, 0.5) is 0 Å². The molecule has 2 aromatic carbocycles. The van der Waals surface area contributed by atoms with Crippen LogP contribution in [0.25, 0.3) is 33.8 Å². The number of rotatable bonds is 7. The van der Waals surface area contributed by atoms with Crippen molar-refractivity contribution in [1.82, 2.24) is 23.9 Å². The molecule has 9 rings (SSSR count).